The van der Waals surface area contributed by atoms with Crippen molar-refractivity contribution in [3.05, 3.63) is 36.0 Å². The smallest absolute Gasteiger partial charge is 0.135 e. The van der Waals surface area contributed by atoms with E-state index in [1.54, 1.807) is 0 Å². The molecule has 0 unspecified atom stereocenters. The van der Waals surface area contributed by atoms with Gasteiger partial charge >= 0.3 is 0 Å². The quantitative estimate of drug-likeness (QED) is 0.576. The molecule has 0 bridgehead atoms. The topological polar surface area (TPSA) is 0 Å². The Labute approximate surface area is 80.6 Å². The Balaban J connectivity index is 4.22. The lowest BCUT2D eigenvalue weighted by molar-refractivity contribution is 0.500. The van der Waals surface area contributed by atoms with E-state index in [0.29, 0.717) is 0 Å². The molecule has 0 amide bonds. The average Bonchev–Trinajstić information content (AvgIpc) is 2.11. The minimum absolute atomic E-state index is 0.0723. The largest absolute Gasteiger partial charge is 0.212 e. The van der Waals surface area contributed by atoms with Crippen LogP contribution in [0.1, 0.15) is 26.2 Å². The second kappa shape index (κ2) is 6.40. The van der Waals surface area contributed by atoms with Gasteiger partial charge in [-0.1, -0.05) is 13.5 Å². The molecule has 0 rings (SSSR count). The Morgan fingerprint density at radius 1 is 1.14 bits per heavy atom. The summed E-state index contributed by atoms with van der Waals surface area (Å²) in [6.07, 6.45) is -0.341. The molecule has 0 aliphatic carbocycles. The van der Waals surface area contributed by atoms with Gasteiger partial charge in [0.15, 0.2) is 0 Å². The minimum Gasteiger partial charge on any atom is -0.212 e. The average molecular weight is 208 g/mol. The fourth-order valence-corrected chi connectivity index (χ4v) is 0.758. The molecule has 0 saturated carbocycles. The number of hydrogen-bond donors (Lipinski definition) is 0. The summed E-state index contributed by atoms with van der Waals surface area (Å²) >= 11 is 0. The van der Waals surface area contributed by atoms with Crippen LogP contribution in [0, 0.1) is 0 Å². The van der Waals surface area contributed by atoms with Crippen molar-refractivity contribution in [1.29, 1.82) is 0 Å². The highest BCUT2D eigenvalue weighted by atomic mass is 19.2. The molecule has 0 atom stereocenters. The van der Waals surface area contributed by atoms with Gasteiger partial charge in [-0.3, -0.25) is 0 Å². The molecule has 0 aromatic carbocycles. The van der Waals surface area contributed by atoms with Crippen LogP contribution >= 0.6 is 0 Å². The molecule has 0 spiro atoms. The molecule has 80 valence electrons. The second-order valence-corrected chi connectivity index (χ2v) is 2.71. The Kier molecular flexibility index (Phi) is 5.92. The molecule has 0 aliphatic rings. The van der Waals surface area contributed by atoms with E-state index in [1.165, 1.54) is 6.92 Å². The van der Waals surface area contributed by atoms with Crippen LogP contribution < -0.4 is 0 Å². The minimum atomic E-state index is -1.02. The van der Waals surface area contributed by atoms with Crippen molar-refractivity contribution < 1.29 is 17.6 Å². The van der Waals surface area contributed by atoms with E-state index in [-0.39, 0.29) is 6.42 Å². The summed E-state index contributed by atoms with van der Waals surface area (Å²) in [6, 6.07) is 0. The fourth-order valence-electron chi connectivity index (χ4n) is 0.758. The van der Waals surface area contributed by atoms with E-state index in [4.69, 9.17) is 0 Å². The maximum absolute atomic E-state index is 12.7. The third kappa shape index (κ3) is 5.56. The lowest BCUT2D eigenvalue weighted by atomic mass is 10.2. The van der Waals surface area contributed by atoms with Gasteiger partial charge in [0.25, 0.3) is 0 Å². The van der Waals surface area contributed by atoms with Gasteiger partial charge < -0.3 is 0 Å². The number of allylic oxidation sites excluding steroid dienone is 5. The normalized spacial score (nSPS) is 13.9. The molecule has 0 aliphatic heterocycles. The molecule has 0 heterocycles. The molecular weight excluding hydrogens is 196 g/mol. The Morgan fingerprint density at radius 3 is 2.14 bits per heavy atom. The molecule has 0 fully saturated rings. The number of rotatable bonds is 5. The van der Waals surface area contributed by atoms with Crippen LogP contribution in [-0.4, -0.2) is 0 Å². The van der Waals surface area contributed by atoms with Crippen LogP contribution in [0.3, 0.4) is 0 Å². The molecule has 0 N–H and O–H groups in total. The summed E-state index contributed by atoms with van der Waals surface area (Å²) in [6.45, 7) is 4.29. The van der Waals surface area contributed by atoms with Crippen LogP contribution in [-0.2, 0) is 0 Å². The molecule has 0 nitrogen and oxygen atoms in total. The summed E-state index contributed by atoms with van der Waals surface area (Å²) in [5.74, 6) is -3.63. The van der Waals surface area contributed by atoms with E-state index in [1.807, 2.05) is 0 Å². The van der Waals surface area contributed by atoms with Gasteiger partial charge in [-0.15, -0.1) is 0 Å². The predicted octanol–water partition coefficient (Wildman–Crippen LogP) is 4.66. The van der Waals surface area contributed by atoms with Crippen LogP contribution in [0.15, 0.2) is 36.0 Å². The highest BCUT2D eigenvalue weighted by Crippen LogP contribution is 2.19. The molecule has 0 aromatic heterocycles. The van der Waals surface area contributed by atoms with Gasteiger partial charge in [-0.2, -0.15) is 0 Å². The van der Waals surface area contributed by atoms with E-state index in [0.717, 1.165) is 6.08 Å². The highest BCUT2D eigenvalue weighted by Gasteiger charge is 2.04. The Morgan fingerprint density at radius 2 is 1.71 bits per heavy atom. The standard InChI is InChI=1S/C10H12F4/c1-3-9(13)10(14)5-4-8(12)6-7(2)11/h4H,2-3,5-6H2,1H3/b8-4+,10-9-. The molecule has 4 heteroatoms. The van der Waals surface area contributed by atoms with Crippen LogP contribution in [0.25, 0.3) is 0 Å². The zero-order valence-electron chi connectivity index (χ0n) is 7.92. The second-order valence-electron chi connectivity index (χ2n) is 2.71. The van der Waals surface area contributed by atoms with Crippen molar-refractivity contribution >= 4 is 0 Å². The van der Waals surface area contributed by atoms with Crippen molar-refractivity contribution in [1.82, 2.24) is 0 Å². The first-order chi connectivity index (χ1) is 6.47. The van der Waals surface area contributed by atoms with Crippen molar-refractivity contribution in [2.75, 3.05) is 0 Å². The van der Waals surface area contributed by atoms with E-state index in [9.17, 15) is 17.6 Å². The van der Waals surface area contributed by atoms with Crippen molar-refractivity contribution in [3.8, 4) is 0 Å². The maximum atomic E-state index is 12.7. The Hall–Kier alpha value is -1.06. The molecule has 0 saturated heterocycles. The first kappa shape index (κ1) is 12.9. The summed E-state index contributed by atoms with van der Waals surface area (Å²) in [4.78, 5) is 0. The molecule has 0 aromatic rings. The summed E-state index contributed by atoms with van der Waals surface area (Å²) in [5, 5.41) is 0. The van der Waals surface area contributed by atoms with Gasteiger partial charge in [0, 0.05) is 6.42 Å². The molecule has 14 heavy (non-hydrogen) atoms. The monoisotopic (exact) mass is 208 g/mol. The van der Waals surface area contributed by atoms with Crippen molar-refractivity contribution in [2.45, 2.75) is 26.2 Å². The highest BCUT2D eigenvalue weighted by molar-refractivity contribution is 5.09. The van der Waals surface area contributed by atoms with Gasteiger partial charge in [-0.25, -0.2) is 17.6 Å². The van der Waals surface area contributed by atoms with Crippen LogP contribution in [0.5, 0.6) is 0 Å². The first-order valence-corrected chi connectivity index (χ1v) is 4.18. The molecule has 0 radical (unpaired) electrons. The van der Waals surface area contributed by atoms with Gasteiger partial charge in [0.05, 0.1) is 12.2 Å². The van der Waals surface area contributed by atoms with Crippen LogP contribution in [0.4, 0.5) is 17.6 Å². The van der Waals surface area contributed by atoms with Gasteiger partial charge in [-0.05, 0) is 12.5 Å². The number of hydrogen-bond acceptors (Lipinski definition) is 0. The lowest BCUT2D eigenvalue weighted by Gasteiger charge is -1.96. The van der Waals surface area contributed by atoms with E-state index >= 15 is 0 Å². The fraction of sp³-hybridized carbons (Fsp3) is 0.400. The van der Waals surface area contributed by atoms with Gasteiger partial charge in [0.1, 0.15) is 17.5 Å². The SMILES string of the molecule is C=C(F)C/C(F)=C\C/C(F)=C(/F)CC. The predicted molar refractivity (Wildman–Crippen MR) is 48.2 cm³/mol. The van der Waals surface area contributed by atoms with Crippen molar-refractivity contribution in [3.63, 3.8) is 0 Å². The van der Waals surface area contributed by atoms with E-state index in [2.05, 4.69) is 6.58 Å². The van der Waals surface area contributed by atoms with Gasteiger partial charge in [0.2, 0.25) is 0 Å². The summed E-state index contributed by atoms with van der Waals surface area (Å²) in [7, 11) is 0. The zero-order valence-corrected chi connectivity index (χ0v) is 7.92. The van der Waals surface area contributed by atoms with Crippen molar-refractivity contribution in [2.24, 2.45) is 0 Å². The van der Waals surface area contributed by atoms with E-state index < -0.39 is 36.1 Å². The number of halogens is 4. The molecular formula is C10H12F4. The maximum Gasteiger partial charge on any atom is 0.135 e. The first-order valence-electron chi connectivity index (χ1n) is 4.18. The Bertz CT molecular complexity index is 263. The third-order valence-corrected chi connectivity index (χ3v) is 1.47. The summed E-state index contributed by atoms with van der Waals surface area (Å²) < 4.78 is 49.8. The third-order valence-electron chi connectivity index (χ3n) is 1.47. The zero-order chi connectivity index (χ0) is 11.1. The lowest BCUT2D eigenvalue weighted by Crippen LogP contribution is -1.81. The summed E-state index contributed by atoms with van der Waals surface area (Å²) in [5.41, 5.74) is 0. The van der Waals surface area contributed by atoms with Crippen LogP contribution in [0.2, 0.25) is 0 Å².